The van der Waals surface area contributed by atoms with Crippen LogP contribution in [0.4, 0.5) is 0 Å². The average Bonchev–Trinajstić information content (AvgIpc) is 2.48. The third-order valence-electron chi connectivity index (χ3n) is 4.95. The zero-order valence-electron chi connectivity index (χ0n) is 12.8. The first kappa shape index (κ1) is 14.6. The highest BCUT2D eigenvalue weighted by Gasteiger charge is 2.22. The molecular weight excluding hydrogens is 260 g/mol. The number of rotatable bonds is 4. The minimum absolute atomic E-state index is 0.176. The lowest BCUT2D eigenvalue weighted by molar-refractivity contribution is -0.118. The quantitative estimate of drug-likeness (QED) is 0.925. The lowest BCUT2D eigenvalue weighted by Gasteiger charge is -2.28. The van der Waals surface area contributed by atoms with Crippen LogP contribution in [0, 0.1) is 0 Å². The summed E-state index contributed by atoms with van der Waals surface area (Å²) < 4.78 is 0. The number of piperidine rings is 1. The van der Waals surface area contributed by atoms with Crippen LogP contribution in [0.25, 0.3) is 0 Å². The number of carbonyl (C=O) groups excluding carboxylic acids is 1. The van der Waals surface area contributed by atoms with Crippen LogP contribution in [0.15, 0.2) is 18.2 Å². The van der Waals surface area contributed by atoms with Crippen molar-refractivity contribution in [3.05, 3.63) is 34.9 Å². The van der Waals surface area contributed by atoms with Gasteiger partial charge in [0.2, 0.25) is 5.91 Å². The number of amides is 1. The molecule has 1 atom stereocenters. The van der Waals surface area contributed by atoms with Crippen LogP contribution in [0.3, 0.4) is 0 Å². The second-order valence-electron chi connectivity index (χ2n) is 6.63. The standard InChI is InChI=1S/C18H26N2O/c19-18(21)12-16-6-4-5-15-11-14(7-8-17(15)16)13-20-9-2-1-3-10-20/h7-8,11,16H,1-6,9-10,12-13H2,(H2,19,21)/t16-/m1/s1. The maximum absolute atomic E-state index is 11.2. The Morgan fingerprint density at radius 2 is 2.00 bits per heavy atom. The first-order valence-corrected chi connectivity index (χ1v) is 8.35. The number of carbonyl (C=O) groups is 1. The van der Waals surface area contributed by atoms with E-state index in [-0.39, 0.29) is 5.91 Å². The van der Waals surface area contributed by atoms with E-state index in [1.807, 2.05) is 0 Å². The van der Waals surface area contributed by atoms with Gasteiger partial charge in [0.25, 0.3) is 0 Å². The van der Waals surface area contributed by atoms with Gasteiger partial charge >= 0.3 is 0 Å². The predicted octanol–water partition coefficient (Wildman–Crippen LogP) is 2.97. The first-order chi connectivity index (χ1) is 10.2. The lowest BCUT2D eigenvalue weighted by atomic mass is 9.80. The van der Waals surface area contributed by atoms with Crippen LogP contribution in [0.5, 0.6) is 0 Å². The Morgan fingerprint density at radius 3 is 2.76 bits per heavy atom. The molecular formula is C18H26N2O. The summed E-state index contributed by atoms with van der Waals surface area (Å²) in [6, 6.07) is 6.88. The van der Waals surface area contributed by atoms with Crippen LogP contribution in [-0.2, 0) is 17.8 Å². The summed E-state index contributed by atoms with van der Waals surface area (Å²) in [6.07, 6.45) is 7.99. The second-order valence-corrected chi connectivity index (χ2v) is 6.63. The van der Waals surface area contributed by atoms with Gasteiger partial charge in [0.1, 0.15) is 0 Å². The molecule has 1 aromatic rings. The molecule has 114 valence electrons. The summed E-state index contributed by atoms with van der Waals surface area (Å²) in [7, 11) is 0. The Hall–Kier alpha value is -1.35. The third kappa shape index (κ3) is 3.65. The maximum atomic E-state index is 11.2. The number of fused-ring (bicyclic) bond motifs is 1. The minimum atomic E-state index is -0.176. The van der Waals surface area contributed by atoms with Crippen molar-refractivity contribution in [1.82, 2.24) is 4.90 Å². The molecule has 3 heteroatoms. The molecule has 1 saturated heterocycles. The van der Waals surface area contributed by atoms with Crippen molar-refractivity contribution in [2.45, 2.75) is 57.4 Å². The summed E-state index contributed by atoms with van der Waals surface area (Å²) in [4.78, 5) is 13.8. The number of benzene rings is 1. The molecule has 2 N–H and O–H groups in total. The number of hydrogen-bond acceptors (Lipinski definition) is 2. The van der Waals surface area contributed by atoms with Gasteiger partial charge in [-0.15, -0.1) is 0 Å². The molecule has 21 heavy (non-hydrogen) atoms. The molecule has 3 nitrogen and oxygen atoms in total. The Morgan fingerprint density at radius 1 is 1.19 bits per heavy atom. The van der Waals surface area contributed by atoms with E-state index in [1.165, 1.54) is 55.5 Å². The predicted molar refractivity (Wildman–Crippen MR) is 85.1 cm³/mol. The molecule has 0 unspecified atom stereocenters. The Kier molecular flexibility index (Phi) is 4.59. The van der Waals surface area contributed by atoms with Crippen LogP contribution in [-0.4, -0.2) is 23.9 Å². The van der Waals surface area contributed by atoms with E-state index in [9.17, 15) is 4.79 Å². The SMILES string of the molecule is NC(=O)C[C@H]1CCCc2cc(CN3CCCCC3)ccc21. The van der Waals surface area contributed by atoms with E-state index in [1.54, 1.807) is 0 Å². The summed E-state index contributed by atoms with van der Waals surface area (Å²) in [5.74, 6) is 0.167. The van der Waals surface area contributed by atoms with Gasteiger partial charge in [0, 0.05) is 13.0 Å². The minimum Gasteiger partial charge on any atom is -0.370 e. The van der Waals surface area contributed by atoms with Gasteiger partial charge in [-0.25, -0.2) is 0 Å². The number of aryl methyl sites for hydroxylation is 1. The van der Waals surface area contributed by atoms with Crippen molar-refractivity contribution in [3.8, 4) is 0 Å². The van der Waals surface area contributed by atoms with Crippen molar-refractivity contribution >= 4 is 5.91 Å². The Bertz CT molecular complexity index is 506. The molecule has 0 radical (unpaired) electrons. The van der Waals surface area contributed by atoms with E-state index in [0.717, 1.165) is 19.4 Å². The fourth-order valence-corrected chi connectivity index (χ4v) is 3.90. The van der Waals surface area contributed by atoms with Gasteiger partial charge in [-0.3, -0.25) is 9.69 Å². The first-order valence-electron chi connectivity index (χ1n) is 8.35. The summed E-state index contributed by atoms with van der Waals surface area (Å²) in [5, 5.41) is 0. The van der Waals surface area contributed by atoms with Crippen LogP contribution >= 0.6 is 0 Å². The maximum Gasteiger partial charge on any atom is 0.218 e. The number of hydrogen-bond donors (Lipinski definition) is 1. The number of primary amides is 1. The average molecular weight is 286 g/mol. The third-order valence-corrected chi connectivity index (χ3v) is 4.95. The Labute approximate surface area is 127 Å². The van der Waals surface area contributed by atoms with Crippen molar-refractivity contribution in [2.24, 2.45) is 5.73 Å². The monoisotopic (exact) mass is 286 g/mol. The van der Waals surface area contributed by atoms with Gasteiger partial charge in [-0.1, -0.05) is 24.6 Å². The van der Waals surface area contributed by atoms with Crippen LogP contribution < -0.4 is 5.73 Å². The summed E-state index contributed by atoms with van der Waals surface area (Å²) in [5.41, 5.74) is 9.62. The molecule has 3 rings (SSSR count). The van der Waals surface area contributed by atoms with E-state index in [2.05, 4.69) is 23.1 Å². The van der Waals surface area contributed by atoms with E-state index in [0.29, 0.717) is 12.3 Å². The van der Waals surface area contributed by atoms with Crippen molar-refractivity contribution in [1.29, 1.82) is 0 Å². The van der Waals surface area contributed by atoms with Crippen molar-refractivity contribution in [2.75, 3.05) is 13.1 Å². The fraction of sp³-hybridized carbons (Fsp3) is 0.611. The highest BCUT2D eigenvalue weighted by molar-refractivity contribution is 5.75. The molecule has 1 fully saturated rings. The molecule has 2 aliphatic rings. The van der Waals surface area contributed by atoms with Gasteiger partial charge < -0.3 is 5.73 Å². The fourth-order valence-electron chi connectivity index (χ4n) is 3.90. The zero-order valence-corrected chi connectivity index (χ0v) is 12.8. The van der Waals surface area contributed by atoms with Gasteiger partial charge in [0.15, 0.2) is 0 Å². The molecule has 1 aliphatic carbocycles. The molecule has 0 saturated carbocycles. The molecule has 1 amide bonds. The molecule has 1 aromatic carbocycles. The number of nitrogens with zero attached hydrogens (tertiary/aromatic N) is 1. The molecule has 1 heterocycles. The second kappa shape index (κ2) is 6.61. The smallest absolute Gasteiger partial charge is 0.218 e. The molecule has 0 spiro atoms. The summed E-state index contributed by atoms with van der Waals surface area (Å²) in [6.45, 7) is 3.55. The van der Waals surface area contributed by atoms with Crippen LogP contribution in [0.1, 0.15) is 61.1 Å². The highest BCUT2D eigenvalue weighted by Crippen LogP contribution is 2.34. The lowest BCUT2D eigenvalue weighted by Crippen LogP contribution is -2.29. The van der Waals surface area contributed by atoms with Gasteiger partial charge in [-0.2, -0.15) is 0 Å². The zero-order chi connectivity index (χ0) is 14.7. The number of nitrogens with two attached hydrogens (primary N) is 1. The van der Waals surface area contributed by atoms with Gasteiger partial charge in [-0.05, 0) is 67.8 Å². The van der Waals surface area contributed by atoms with E-state index >= 15 is 0 Å². The van der Waals surface area contributed by atoms with E-state index in [4.69, 9.17) is 5.73 Å². The molecule has 1 aliphatic heterocycles. The van der Waals surface area contributed by atoms with Crippen LogP contribution in [0.2, 0.25) is 0 Å². The van der Waals surface area contributed by atoms with Crippen molar-refractivity contribution in [3.63, 3.8) is 0 Å². The van der Waals surface area contributed by atoms with Crippen molar-refractivity contribution < 1.29 is 4.79 Å². The number of likely N-dealkylation sites (tertiary alicyclic amines) is 1. The molecule has 0 bridgehead atoms. The largest absolute Gasteiger partial charge is 0.370 e. The van der Waals surface area contributed by atoms with Gasteiger partial charge in [0.05, 0.1) is 0 Å². The Balaban J connectivity index is 1.72. The molecule has 0 aromatic heterocycles. The summed E-state index contributed by atoms with van der Waals surface area (Å²) >= 11 is 0. The van der Waals surface area contributed by atoms with E-state index < -0.39 is 0 Å². The normalized spacial score (nSPS) is 22.8. The highest BCUT2D eigenvalue weighted by atomic mass is 16.1. The topological polar surface area (TPSA) is 46.3 Å².